The summed E-state index contributed by atoms with van der Waals surface area (Å²) >= 11 is 18.0. The molecule has 0 aromatic heterocycles. The maximum absolute atomic E-state index is 12.5. The van der Waals surface area contributed by atoms with Crippen LogP contribution in [0.1, 0.15) is 31.0 Å². The lowest BCUT2D eigenvalue weighted by Gasteiger charge is -2.28. The summed E-state index contributed by atoms with van der Waals surface area (Å²) in [7, 11) is 1.42. The minimum Gasteiger partial charge on any atom is -0.493 e. The number of hydrogen-bond acceptors (Lipinski definition) is 7. The standard InChI is InChI=1S/C24H23Cl3N4O6/c1-4-36-23(33)20-12(2)29-24(34)30-22(20)13-5-6-17(18(8-13)35-3)37-11-19(32)31-28-10-14-7-15(25)9-16(26)21(14)27/h5-10,22H,4,11H2,1-3H3,(H,31,32)(H2,29,30,34)/b28-10-/t22-/m0/s1. The first kappa shape index (κ1) is 28.1. The van der Waals surface area contributed by atoms with E-state index in [-0.39, 0.29) is 40.3 Å². The molecule has 1 atom stereocenters. The number of rotatable bonds is 9. The van der Waals surface area contributed by atoms with Gasteiger partial charge in [0, 0.05) is 16.3 Å². The van der Waals surface area contributed by atoms with Crippen molar-refractivity contribution < 1.29 is 28.6 Å². The lowest BCUT2D eigenvalue weighted by molar-refractivity contribution is -0.139. The third-order valence-electron chi connectivity index (χ3n) is 5.06. The summed E-state index contributed by atoms with van der Waals surface area (Å²) < 4.78 is 16.1. The van der Waals surface area contributed by atoms with Crippen molar-refractivity contribution in [2.24, 2.45) is 5.10 Å². The lowest BCUT2D eigenvalue weighted by Crippen LogP contribution is -2.45. The van der Waals surface area contributed by atoms with E-state index >= 15 is 0 Å². The molecular weight excluding hydrogens is 547 g/mol. The van der Waals surface area contributed by atoms with Gasteiger partial charge in [0.2, 0.25) is 0 Å². The predicted molar refractivity (Wildman–Crippen MR) is 139 cm³/mol. The van der Waals surface area contributed by atoms with Crippen LogP contribution in [-0.2, 0) is 14.3 Å². The van der Waals surface area contributed by atoms with Gasteiger partial charge in [-0.2, -0.15) is 5.10 Å². The Morgan fingerprint density at radius 3 is 2.62 bits per heavy atom. The molecule has 0 unspecified atom stereocenters. The Bertz CT molecular complexity index is 1280. The SMILES string of the molecule is CCOC(=O)C1=C(C)NC(=O)N[C@H]1c1ccc(OCC(=O)N/N=C\c2cc(Cl)cc(Cl)c2Cl)c(OC)c1. The average molecular weight is 570 g/mol. The number of halogens is 3. The van der Waals surface area contributed by atoms with E-state index in [1.807, 2.05) is 0 Å². The van der Waals surface area contributed by atoms with E-state index < -0.39 is 23.9 Å². The molecule has 3 rings (SSSR count). The van der Waals surface area contributed by atoms with E-state index in [4.69, 9.17) is 49.0 Å². The number of carbonyl (C=O) groups excluding carboxylic acids is 3. The molecule has 0 radical (unpaired) electrons. The van der Waals surface area contributed by atoms with Crippen molar-refractivity contribution in [3.05, 3.63) is 67.8 Å². The predicted octanol–water partition coefficient (Wildman–Crippen LogP) is 4.38. The van der Waals surface area contributed by atoms with Crippen LogP contribution in [0.2, 0.25) is 15.1 Å². The Labute approximate surface area is 227 Å². The molecule has 0 bridgehead atoms. The number of hydrogen-bond donors (Lipinski definition) is 3. The number of urea groups is 1. The van der Waals surface area contributed by atoms with Crippen LogP contribution in [0.5, 0.6) is 11.5 Å². The molecular formula is C24H23Cl3N4O6. The molecule has 0 fully saturated rings. The first-order chi connectivity index (χ1) is 17.6. The molecule has 37 heavy (non-hydrogen) atoms. The highest BCUT2D eigenvalue weighted by Gasteiger charge is 2.32. The van der Waals surface area contributed by atoms with Gasteiger partial charge in [0.15, 0.2) is 18.1 Å². The molecule has 3 amide bonds. The maximum atomic E-state index is 12.5. The molecule has 196 valence electrons. The zero-order valence-corrected chi connectivity index (χ0v) is 22.3. The van der Waals surface area contributed by atoms with Crippen LogP contribution in [0.15, 0.2) is 46.7 Å². The zero-order valence-electron chi connectivity index (χ0n) is 20.0. The van der Waals surface area contributed by atoms with Crippen molar-refractivity contribution in [3.8, 4) is 11.5 Å². The molecule has 10 nitrogen and oxygen atoms in total. The summed E-state index contributed by atoms with van der Waals surface area (Å²) in [5.41, 5.74) is 3.93. The van der Waals surface area contributed by atoms with Crippen LogP contribution >= 0.6 is 34.8 Å². The molecule has 0 spiro atoms. The quantitative estimate of drug-likeness (QED) is 0.178. The van der Waals surface area contributed by atoms with Crippen molar-refractivity contribution in [2.45, 2.75) is 19.9 Å². The molecule has 2 aromatic rings. The molecule has 13 heteroatoms. The molecule has 1 aliphatic heterocycles. The van der Waals surface area contributed by atoms with E-state index in [1.54, 1.807) is 38.1 Å². The third kappa shape index (κ3) is 7.06. The van der Waals surface area contributed by atoms with E-state index in [9.17, 15) is 14.4 Å². The summed E-state index contributed by atoms with van der Waals surface area (Å²) in [5, 5.41) is 9.98. The van der Waals surface area contributed by atoms with Gasteiger partial charge in [-0.3, -0.25) is 4.79 Å². The number of nitrogens with one attached hydrogen (secondary N) is 3. The second kappa shape index (κ2) is 12.7. The number of esters is 1. The second-order valence-corrected chi connectivity index (χ2v) is 8.80. The highest BCUT2D eigenvalue weighted by atomic mass is 35.5. The fourth-order valence-corrected chi connectivity index (χ4v) is 4.09. The van der Waals surface area contributed by atoms with Gasteiger partial charge in [-0.05, 0) is 43.7 Å². The minimum atomic E-state index is -0.778. The highest BCUT2D eigenvalue weighted by Crippen LogP contribution is 2.34. The third-order valence-corrected chi connectivity index (χ3v) is 6.09. The van der Waals surface area contributed by atoms with E-state index in [0.717, 1.165) is 0 Å². The first-order valence-electron chi connectivity index (χ1n) is 10.9. The Kier molecular flexibility index (Phi) is 9.62. The topological polar surface area (TPSA) is 127 Å². The van der Waals surface area contributed by atoms with Crippen molar-refractivity contribution in [1.29, 1.82) is 0 Å². The van der Waals surface area contributed by atoms with Gasteiger partial charge >= 0.3 is 12.0 Å². The molecule has 2 aromatic carbocycles. The van der Waals surface area contributed by atoms with Crippen LogP contribution in [0, 0.1) is 0 Å². The van der Waals surface area contributed by atoms with Crippen LogP contribution < -0.4 is 25.5 Å². The Balaban J connectivity index is 1.70. The smallest absolute Gasteiger partial charge is 0.338 e. The molecule has 3 N–H and O–H groups in total. The summed E-state index contributed by atoms with van der Waals surface area (Å²) in [6.45, 7) is 3.10. The van der Waals surface area contributed by atoms with E-state index in [2.05, 4.69) is 21.2 Å². The highest BCUT2D eigenvalue weighted by molar-refractivity contribution is 6.44. The van der Waals surface area contributed by atoms with Gasteiger partial charge in [0.05, 0.1) is 41.6 Å². The summed E-state index contributed by atoms with van der Waals surface area (Å²) in [4.78, 5) is 36.8. The van der Waals surface area contributed by atoms with Crippen LogP contribution in [0.3, 0.4) is 0 Å². The van der Waals surface area contributed by atoms with E-state index in [1.165, 1.54) is 19.4 Å². The first-order valence-corrected chi connectivity index (χ1v) is 12.0. The number of benzene rings is 2. The van der Waals surface area contributed by atoms with Gasteiger partial charge in [0.25, 0.3) is 5.91 Å². The number of amides is 3. The molecule has 1 aliphatic rings. The monoisotopic (exact) mass is 568 g/mol. The van der Waals surface area contributed by atoms with Gasteiger partial charge in [0.1, 0.15) is 0 Å². The number of ether oxygens (including phenoxy) is 3. The van der Waals surface area contributed by atoms with Crippen molar-refractivity contribution in [3.63, 3.8) is 0 Å². The fourth-order valence-electron chi connectivity index (χ4n) is 3.43. The number of methoxy groups -OCH3 is 1. The Hall–Kier alpha value is -3.47. The van der Waals surface area contributed by atoms with Gasteiger partial charge in [-0.1, -0.05) is 40.9 Å². The number of carbonyl (C=O) groups is 3. The van der Waals surface area contributed by atoms with Crippen molar-refractivity contribution in [1.82, 2.24) is 16.1 Å². The molecule has 0 aliphatic carbocycles. The fraction of sp³-hybridized carbons (Fsp3) is 0.250. The van der Waals surface area contributed by atoms with Gasteiger partial charge in [-0.15, -0.1) is 0 Å². The number of allylic oxidation sites excluding steroid dienone is 1. The Morgan fingerprint density at radius 2 is 1.92 bits per heavy atom. The largest absolute Gasteiger partial charge is 0.493 e. The van der Waals surface area contributed by atoms with E-state index in [0.29, 0.717) is 21.8 Å². The lowest BCUT2D eigenvalue weighted by atomic mass is 9.95. The van der Waals surface area contributed by atoms with Crippen molar-refractivity contribution >= 4 is 58.9 Å². The van der Waals surface area contributed by atoms with Crippen LogP contribution in [-0.4, -0.2) is 44.4 Å². The average Bonchev–Trinajstić information content (AvgIpc) is 2.85. The number of nitrogens with zero attached hydrogens (tertiary/aromatic N) is 1. The van der Waals surface area contributed by atoms with Crippen LogP contribution in [0.25, 0.3) is 0 Å². The van der Waals surface area contributed by atoms with Crippen LogP contribution in [0.4, 0.5) is 4.79 Å². The Morgan fingerprint density at radius 1 is 1.16 bits per heavy atom. The van der Waals surface area contributed by atoms with Gasteiger partial charge in [-0.25, -0.2) is 15.0 Å². The summed E-state index contributed by atoms with van der Waals surface area (Å²) in [6, 6.07) is 6.59. The minimum absolute atomic E-state index is 0.179. The molecule has 0 saturated heterocycles. The zero-order chi connectivity index (χ0) is 27.1. The molecule has 1 heterocycles. The molecule has 0 saturated carbocycles. The van der Waals surface area contributed by atoms with Crippen molar-refractivity contribution in [2.75, 3.05) is 20.3 Å². The number of hydrazone groups is 1. The summed E-state index contributed by atoms with van der Waals surface area (Å²) in [6.07, 6.45) is 1.30. The normalized spacial score (nSPS) is 15.2. The maximum Gasteiger partial charge on any atom is 0.338 e. The van der Waals surface area contributed by atoms with Gasteiger partial charge < -0.3 is 24.8 Å². The summed E-state index contributed by atoms with van der Waals surface area (Å²) in [5.74, 6) is -0.577. The second-order valence-electron chi connectivity index (χ2n) is 7.57.